The molecule has 0 amide bonds. The van der Waals surface area contributed by atoms with Crippen LogP contribution in [0.15, 0.2) is 42.7 Å². The van der Waals surface area contributed by atoms with E-state index in [1.54, 1.807) is 12.3 Å². The van der Waals surface area contributed by atoms with Crippen molar-refractivity contribution in [2.75, 3.05) is 0 Å². The second-order valence-corrected chi connectivity index (χ2v) is 12.3. The largest absolute Gasteiger partial charge is 0.413 e. The van der Waals surface area contributed by atoms with E-state index in [1.165, 1.54) is 30.5 Å². The molecule has 24 heavy (non-hydrogen) atoms. The predicted molar refractivity (Wildman–Crippen MR) is 96.1 cm³/mol. The molecule has 0 bridgehead atoms. The molecular formula is C19H24FNO2Si. The molecule has 0 radical (unpaired) electrons. The van der Waals surface area contributed by atoms with E-state index in [9.17, 15) is 9.18 Å². The predicted octanol–water partition coefficient (Wildman–Crippen LogP) is 4.97. The highest BCUT2D eigenvalue weighted by Gasteiger charge is 2.37. The van der Waals surface area contributed by atoms with Crippen molar-refractivity contribution in [2.45, 2.75) is 45.5 Å². The lowest BCUT2D eigenvalue weighted by atomic mass is 10.0. The molecule has 0 aliphatic heterocycles. The first kappa shape index (κ1) is 18.5. The van der Waals surface area contributed by atoms with Crippen LogP contribution in [0.1, 0.15) is 42.3 Å². The molecule has 0 fully saturated rings. The van der Waals surface area contributed by atoms with Gasteiger partial charge >= 0.3 is 0 Å². The fraction of sp³-hybridized carbons (Fsp3) is 0.368. The molecule has 2 aromatic rings. The fourth-order valence-electron chi connectivity index (χ4n) is 1.94. The van der Waals surface area contributed by atoms with E-state index in [2.05, 4.69) is 38.8 Å². The van der Waals surface area contributed by atoms with Gasteiger partial charge in [-0.3, -0.25) is 9.78 Å². The minimum absolute atomic E-state index is 0.127. The third-order valence-electron chi connectivity index (χ3n) is 4.57. The van der Waals surface area contributed by atoms with Gasteiger partial charge in [-0.1, -0.05) is 20.8 Å². The number of ketones is 1. The smallest absolute Gasteiger partial charge is 0.194 e. The SMILES string of the molecule is CC(C)(C)[Si](C)(C)OCc1cncc(C(=O)c2ccc(F)cc2)c1. The van der Waals surface area contributed by atoms with Gasteiger partial charge in [0.1, 0.15) is 5.82 Å². The summed E-state index contributed by atoms with van der Waals surface area (Å²) in [6.45, 7) is 11.4. The molecule has 1 heterocycles. The van der Waals surface area contributed by atoms with Crippen LogP contribution < -0.4 is 0 Å². The first-order chi connectivity index (χ1) is 11.1. The van der Waals surface area contributed by atoms with Gasteiger partial charge < -0.3 is 4.43 Å². The van der Waals surface area contributed by atoms with Gasteiger partial charge in [0.2, 0.25) is 0 Å². The maximum Gasteiger partial charge on any atom is 0.194 e. The molecule has 0 N–H and O–H groups in total. The molecule has 0 spiro atoms. The molecule has 2 rings (SSSR count). The van der Waals surface area contributed by atoms with Crippen molar-refractivity contribution < 1.29 is 13.6 Å². The van der Waals surface area contributed by atoms with Gasteiger partial charge in [0.25, 0.3) is 0 Å². The molecule has 128 valence electrons. The Morgan fingerprint density at radius 2 is 1.75 bits per heavy atom. The molecular weight excluding hydrogens is 321 g/mol. The van der Waals surface area contributed by atoms with Crippen LogP contribution in [-0.4, -0.2) is 19.1 Å². The summed E-state index contributed by atoms with van der Waals surface area (Å²) in [7, 11) is -1.86. The van der Waals surface area contributed by atoms with E-state index < -0.39 is 8.32 Å². The highest BCUT2D eigenvalue weighted by molar-refractivity contribution is 6.74. The number of aromatic nitrogens is 1. The lowest BCUT2D eigenvalue weighted by Crippen LogP contribution is -2.40. The normalized spacial score (nSPS) is 12.2. The van der Waals surface area contributed by atoms with E-state index in [4.69, 9.17) is 4.43 Å². The zero-order valence-electron chi connectivity index (χ0n) is 14.9. The number of hydrogen-bond acceptors (Lipinski definition) is 3. The van der Waals surface area contributed by atoms with Crippen LogP contribution in [-0.2, 0) is 11.0 Å². The first-order valence-corrected chi connectivity index (χ1v) is 10.9. The molecule has 1 aromatic carbocycles. The minimum Gasteiger partial charge on any atom is -0.413 e. The quantitative estimate of drug-likeness (QED) is 0.567. The Morgan fingerprint density at radius 1 is 1.12 bits per heavy atom. The number of rotatable bonds is 5. The molecule has 0 unspecified atom stereocenters. The van der Waals surface area contributed by atoms with Crippen molar-refractivity contribution in [1.82, 2.24) is 4.98 Å². The average molecular weight is 345 g/mol. The summed E-state index contributed by atoms with van der Waals surface area (Å²) in [5.41, 5.74) is 1.80. The highest BCUT2D eigenvalue weighted by Crippen LogP contribution is 2.37. The summed E-state index contributed by atoms with van der Waals surface area (Å²) in [5, 5.41) is 0.127. The van der Waals surface area contributed by atoms with Crippen LogP contribution in [0.5, 0.6) is 0 Å². The molecule has 0 saturated carbocycles. The number of carbonyl (C=O) groups is 1. The van der Waals surface area contributed by atoms with E-state index in [0.29, 0.717) is 17.7 Å². The van der Waals surface area contributed by atoms with Crippen molar-refractivity contribution in [3.8, 4) is 0 Å². The van der Waals surface area contributed by atoms with Crippen molar-refractivity contribution in [2.24, 2.45) is 0 Å². The van der Waals surface area contributed by atoms with Crippen molar-refractivity contribution in [3.05, 3.63) is 65.2 Å². The zero-order valence-corrected chi connectivity index (χ0v) is 15.9. The molecule has 5 heteroatoms. The third-order valence-corrected chi connectivity index (χ3v) is 9.05. The van der Waals surface area contributed by atoms with Gasteiger partial charge in [-0.05, 0) is 54.0 Å². The summed E-state index contributed by atoms with van der Waals surface area (Å²) in [5.74, 6) is -0.530. The Labute approximate surface area is 144 Å². The first-order valence-electron chi connectivity index (χ1n) is 7.98. The van der Waals surface area contributed by atoms with E-state index in [1.807, 2.05) is 0 Å². The van der Waals surface area contributed by atoms with Crippen LogP contribution in [0.3, 0.4) is 0 Å². The van der Waals surface area contributed by atoms with Gasteiger partial charge in [-0.15, -0.1) is 0 Å². The Morgan fingerprint density at radius 3 is 2.33 bits per heavy atom. The molecule has 0 aliphatic carbocycles. The van der Waals surface area contributed by atoms with E-state index in [0.717, 1.165) is 5.56 Å². The number of pyridine rings is 1. The van der Waals surface area contributed by atoms with Crippen LogP contribution in [0, 0.1) is 5.82 Å². The van der Waals surface area contributed by atoms with Gasteiger partial charge in [-0.25, -0.2) is 4.39 Å². The van der Waals surface area contributed by atoms with Crippen molar-refractivity contribution >= 4 is 14.1 Å². The minimum atomic E-state index is -1.86. The average Bonchev–Trinajstić information content (AvgIpc) is 2.52. The topological polar surface area (TPSA) is 39.2 Å². The molecule has 3 nitrogen and oxygen atoms in total. The monoisotopic (exact) mass is 345 g/mol. The Bertz CT molecular complexity index is 721. The summed E-state index contributed by atoms with van der Waals surface area (Å²) in [4.78, 5) is 16.6. The second kappa shape index (κ2) is 6.95. The van der Waals surface area contributed by atoms with Crippen LogP contribution in [0.25, 0.3) is 0 Å². The van der Waals surface area contributed by atoms with Gasteiger partial charge in [0.15, 0.2) is 14.1 Å². The maximum absolute atomic E-state index is 13.0. The summed E-state index contributed by atoms with van der Waals surface area (Å²) in [6.07, 6.45) is 3.25. The Hall–Kier alpha value is -1.85. The summed E-state index contributed by atoms with van der Waals surface area (Å²) < 4.78 is 19.2. The second-order valence-electron chi connectivity index (χ2n) is 7.47. The van der Waals surface area contributed by atoms with Gasteiger partial charge in [0.05, 0.1) is 6.61 Å². The van der Waals surface area contributed by atoms with E-state index >= 15 is 0 Å². The fourth-order valence-corrected chi connectivity index (χ4v) is 2.90. The lowest BCUT2D eigenvalue weighted by Gasteiger charge is -2.36. The Kier molecular flexibility index (Phi) is 5.35. The van der Waals surface area contributed by atoms with Crippen molar-refractivity contribution in [3.63, 3.8) is 0 Å². The highest BCUT2D eigenvalue weighted by atomic mass is 28.4. The zero-order chi connectivity index (χ0) is 18.0. The van der Waals surface area contributed by atoms with Crippen LogP contribution in [0.2, 0.25) is 18.1 Å². The lowest BCUT2D eigenvalue weighted by molar-refractivity contribution is 0.103. The van der Waals surface area contributed by atoms with Gasteiger partial charge in [0, 0.05) is 23.5 Å². The van der Waals surface area contributed by atoms with Crippen LogP contribution >= 0.6 is 0 Å². The number of hydrogen-bond donors (Lipinski definition) is 0. The summed E-state index contributed by atoms with van der Waals surface area (Å²) in [6, 6.07) is 7.33. The molecule has 0 saturated heterocycles. The molecule has 0 atom stereocenters. The molecule has 1 aromatic heterocycles. The Balaban J connectivity index is 2.14. The maximum atomic E-state index is 13.0. The van der Waals surface area contributed by atoms with Gasteiger partial charge in [-0.2, -0.15) is 0 Å². The number of carbonyl (C=O) groups excluding carboxylic acids is 1. The van der Waals surface area contributed by atoms with Crippen molar-refractivity contribution in [1.29, 1.82) is 0 Å². The molecule has 0 aliphatic rings. The number of nitrogens with zero attached hydrogens (tertiary/aromatic N) is 1. The van der Waals surface area contributed by atoms with E-state index in [-0.39, 0.29) is 16.6 Å². The third kappa shape index (κ3) is 4.36. The number of halogens is 1. The summed E-state index contributed by atoms with van der Waals surface area (Å²) >= 11 is 0. The standard InChI is InChI=1S/C19H24FNO2Si/c1-19(2,3)24(4,5)23-13-14-10-16(12-21-11-14)18(22)15-6-8-17(20)9-7-15/h6-12H,13H2,1-5H3. The number of benzene rings is 1. The van der Waals surface area contributed by atoms with Crippen LogP contribution in [0.4, 0.5) is 4.39 Å².